The first-order valence-electron chi connectivity index (χ1n) is 10.7. The smallest absolute Gasteiger partial charge is 0.248 e. The molecule has 1 saturated heterocycles. The van der Waals surface area contributed by atoms with Crippen LogP contribution in [0.25, 0.3) is 0 Å². The van der Waals surface area contributed by atoms with E-state index in [0.717, 1.165) is 12.1 Å². The number of thiophene rings is 1. The Kier molecular flexibility index (Phi) is 6.55. The van der Waals surface area contributed by atoms with Crippen molar-refractivity contribution in [2.24, 2.45) is 0 Å². The van der Waals surface area contributed by atoms with E-state index in [0.29, 0.717) is 21.8 Å². The third-order valence-electron chi connectivity index (χ3n) is 6.05. The summed E-state index contributed by atoms with van der Waals surface area (Å²) in [5.74, 6) is -3.93. The number of halogens is 3. The molecule has 1 fully saturated rings. The number of Topliss-reactive ketones (excluding diaryl/α,β-unsaturated/α-hetero) is 1. The summed E-state index contributed by atoms with van der Waals surface area (Å²) in [6, 6.07) is 16.5. The van der Waals surface area contributed by atoms with Crippen molar-refractivity contribution in [3.8, 4) is 11.6 Å². The van der Waals surface area contributed by atoms with Crippen molar-refractivity contribution in [3.63, 3.8) is 0 Å². The van der Waals surface area contributed by atoms with Gasteiger partial charge in [-0.1, -0.05) is 48.7 Å². The second kappa shape index (κ2) is 9.65. The van der Waals surface area contributed by atoms with Crippen LogP contribution in [0.2, 0.25) is 5.02 Å². The van der Waals surface area contributed by atoms with Crippen LogP contribution in [0.1, 0.15) is 29.2 Å². The number of hydrogen-bond acceptors (Lipinski definition) is 6. The number of benzene rings is 2. The number of nitrogens with zero attached hydrogens (tertiary/aromatic N) is 2. The van der Waals surface area contributed by atoms with E-state index in [1.807, 2.05) is 10.8 Å². The van der Waals surface area contributed by atoms with Crippen molar-refractivity contribution in [2.45, 2.75) is 17.9 Å². The molecule has 3 heterocycles. The molecule has 182 valence electrons. The Balaban J connectivity index is 1.58. The standard InChI is InChI=1S/C26H17ClF2N2O3S2/c27-18-5-2-1-4-17(18)24-21(32)13-26(31(35)25(24)33,15-10-11-36-14-15)22-6-3-7-23(30-22)34-16-8-9-19(28)20(29)12-16/h1-12,14,24,35H,13H2. The number of amides is 1. The van der Waals surface area contributed by atoms with Crippen LogP contribution >= 0.6 is 35.8 Å². The minimum absolute atomic E-state index is 0.0421. The number of aromatic nitrogens is 1. The average molecular weight is 543 g/mol. The predicted octanol–water partition coefficient (Wildman–Crippen LogP) is 6.54. The molecule has 2 aromatic heterocycles. The van der Waals surface area contributed by atoms with Crippen LogP contribution in [0.3, 0.4) is 0 Å². The highest BCUT2D eigenvalue weighted by molar-refractivity contribution is 7.78. The highest BCUT2D eigenvalue weighted by Gasteiger charge is 2.53. The Morgan fingerprint density at radius 1 is 1.06 bits per heavy atom. The molecule has 2 unspecified atom stereocenters. The molecule has 0 N–H and O–H groups in total. The topological polar surface area (TPSA) is 59.5 Å². The largest absolute Gasteiger partial charge is 0.439 e. The SMILES string of the molecule is O=C1CC(c2ccsc2)(c2cccc(Oc3ccc(F)c(F)c3)n2)N(S)C(=O)C1c1ccccc1Cl. The molecule has 0 saturated carbocycles. The van der Waals surface area contributed by atoms with Crippen LogP contribution in [0.15, 0.2) is 77.5 Å². The molecule has 10 heteroatoms. The van der Waals surface area contributed by atoms with E-state index in [9.17, 15) is 18.4 Å². The summed E-state index contributed by atoms with van der Waals surface area (Å²) in [5, 5.41) is 3.97. The van der Waals surface area contributed by atoms with Gasteiger partial charge in [-0.3, -0.25) is 13.9 Å². The normalized spacial score (nSPS) is 20.0. The monoisotopic (exact) mass is 542 g/mol. The molecule has 1 amide bonds. The lowest BCUT2D eigenvalue weighted by atomic mass is 9.75. The third-order valence-corrected chi connectivity index (χ3v) is 7.61. The number of piperidine rings is 1. The van der Waals surface area contributed by atoms with Crippen LogP contribution in [0, 0.1) is 11.6 Å². The zero-order valence-corrected chi connectivity index (χ0v) is 20.9. The molecule has 0 aliphatic carbocycles. The lowest BCUT2D eigenvalue weighted by molar-refractivity contribution is -0.142. The minimum Gasteiger partial charge on any atom is -0.439 e. The zero-order valence-electron chi connectivity index (χ0n) is 18.4. The lowest BCUT2D eigenvalue weighted by Gasteiger charge is -2.45. The van der Waals surface area contributed by atoms with Gasteiger partial charge in [-0.05, 0) is 52.2 Å². The molecule has 1 aliphatic rings. The summed E-state index contributed by atoms with van der Waals surface area (Å²) in [4.78, 5) is 31.8. The van der Waals surface area contributed by atoms with Gasteiger partial charge in [-0.2, -0.15) is 11.3 Å². The van der Waals surface area contributed by atoms with Gasteiger partial charge < -0.3 is 4.74 Å². The summed E-state index contributed by atoms with van der Waals surface area (Å²) >= 11 is 12.3. The number of carbonyl (C=O) groups is 2. The second-order valence-corrected chi connectivity index (χ2v) is 9.75. The molecular weight excluding hydrogens is 526 g/mol. The number of pyridine rings is 1. The van der Waals surface area contributed by atoms with Gasteiger partial charge in [0.2, 0.25) is 11.8 Å². The van der Waals surface area contributed by atoms with Gasteiger partial charge in [-0.15, -0.1) is 0 Å². The first-order chi connectivity index (χ1) is 17.3. The molecule has 5 rings (SSSR count). The maximum Gasteiger partial charge on any atom is 0.248 e. The quantitative estimate of drug-likeness (QED) is 0.230. The molecule has 1 aliphatic heterocycles. The summed E-state index contributed by atoms with van der Waals surface area (Å²) in [7, 11) is 0. The van der Waals surface area contributed by atoms with E-state index in [4.69, 9.17) is 16.3 Å². The molecule has 4 aromatic rings. The highest BCUT2D eigenvalue weighted by Crippen LogP contribution is 2.48. The first kappa shape index (κ1) is 24.4. The van der Waals surface area contributed by atoms with Crippen molar-refractivity contribution < 1.29 is 23.1 Å². The van der Waals surface area contributed by atoms with E-state index in [1.54, 1.807) is 42.5 Å². The molecule has 36 heavy (non-hydrogen) atoms. The fourth-order valence-electron chi connectivity index (χ4n) is 4.33. The molecule has 2 aromatic carbocycles. The van der Waals surface area contributed by atoms with Crippen LogP contribution in [-0.4, -0.2) is 21.0 Å². The molecule has 0 bridgehead atoms. The molecule has 5 nitrogen and oxygen atoms in total. The number of carbonyl (C=O) groups excluding carboxylic acids is 2. The molecule has 0 radical (unpaired) electrons. The van der Waals surface area contributed by atoms with Crippen molar-refractivity contribution in [1.82, 2.24) is 9.29 Å². The van der Waals surface area contributed by atoms with Gasteiger partial charge in [0.15, 0.2) is 17.4 Å². The van der Waals surface area contributed by atoms with Gasteiger partial charge in [0.1, 0.15) is 17.2 Å². The maximum atomic E-state index is 13.7. The van der Waals surface area contributed by atoms with Crippen molar-refractivity contribution in [1.29, 1.82) is 0 Å². The van der Waals surface area contributed by atoms with Crippen LogP contribution in [0.4, 0.5) is 8.78 Å². The fraction of sp³-hybridized carbons (Fsp3) is 0.115. The first-order valence-corrected chi connectivity index (χ1v) is 12.5. The molecular formula is C26H17ClF2N2O3S2. The van der Waals surface area contributed by atoms with Crippen molar-refractivity contribution in [2.75, 3.05) is 0 Å². The Bertz CT molecular complexity index is 1470. The Morgan fingerprint density at radius 2 is 1.86 bits per heavy atom. The van der Waals surface area contributed by atoms with Gasteiger partial charge >= 0.3 is 0 Å². The fourth-order valence-corrected chi connectivity index (χ4v) is 5.70. The Morgan fingerprint density at radius 3 is 2.58 bits per heavy atom. The van der Waals surface area contributed by atoms with Gasteiger partial charge in [0, 0.05) is 23.6 Å². The van der Waals surface area contributed by atoms with Crippen molar-refractivity contribution in [3.05, 3.63) is 111 Å². The Labute approximate surface area is 219 Å². The highest BCUT2D eigenvalue weighted by atomic mass is 35.5. The average Bonchev–Trinajstić information content (AvgIpc) is 3.41. The summed E-state index contributed by atoms with van der Waals surface area (Å²) in [5.41, 5.74) is 0.0627. The minimum atomic E-state index is -1.33. The Hall–Kier alpha value is -3.27. The summed E-state index contributed by atoms with van der Waals surface area (Å²) in [6.07, 6.45) is -0.115. The van der Waals surface area contributed by atoms with E-state index in [-0.39, 0.29) is 23.8 Å². The van der Waals surface area contributed by atoms with Gasteiger partial charge in [0.05, 0.1) is 5.69 Å². The number of ketones is 1. The summed E-state index contributed by atoms with van der Waals surface area (Å²) < 4.78 is 33.9. The van der Waals surface area contributed by atoms with E-state index < -0.39 is 29.0 Å². The van der Waals surface area contributed by atoms with Crippen molar-refractivity contribution >= 4 is 47.4 Å². The predicted molar refractivity (Wildman–Crippen MR) is 135 cm³/mol. The second-order valence-electron chi connectivity index (χ2n) is 8.16. The van der Waals surface area contributed by atoms with E-state index >= 15 is 0 Å². The lowest BCUT2D eigenvalue weighted by Crippen LogP contribution is -2.54. The van der Waals surface area contributed by atoms with Crippen LogP contribution < -0.4 is 4.74 Å². The third kappa shape index (κ3) is 4.17. The summed E-state index contributed by atoms with van der Waals surface area (Å²) in [6.45, 7) is 0. The number of hydrogen-bond donors (Lipinski definition) is 1. The van der Waals surface area contributed by atoms with Crippen LogP contribution in [-0.2, 0) is 15.1 Å². The van der Waals surface area contributed by atoms with Gasteiger partial charge in [-0.25, -0.2) is 13.8 Å². The number of thiol groups is 1. The van der Waals surface area contributed by atoms with Gasteiger partial charge in [0.25, 0.3) is 0 Å². The van der Waals surface area contributed by atoms with E-state index in [1.165, 1.54) is 27.8 Å². The zero-order chi connectivity index (χ0) is 25.4. The molecule has 2 atom stereocenters. The number of rotatable bonds is 5. The molecule has 0 spiro atoms. The maximum absolute atomic E-state index is 13.7. The van der Waals surface area contributed by atoms with Crippen LogP contribution in [0.5, 0.6) is 11.6 Å². The van der Waals surface area contributed by atoms with E-state index in [2.05, 4.69) is 17.8 Å². The number of ether oxygens (including phenoxy) is 1.